The van der Waals surface area contributed by atoms with Crippen molar-refractivity contribution in [2.75, 3.05) is 27.4 Å². The Hall–Kier alpha value is -3.11. The highest BCUT2D eigenvalue weighted by molar-refractivity contribution is 7.89. The number of nitrogens with one attached hydrogen (secondary N) is 1. The first-order valence-corrected chi connectivity index (χ1v) is 12.3. The number of likely N-dealkylation sites (N-methyl/N-ethyl adjacent to an activating group) is 1. The molecule has 0 saturated carbocycles. The molecule has 9 nitrogen and oxygen atoms in total. The maximum absolute atomic E-state index is 12.7. The van der Waals surface area contributed by atoms with Crippen LogP contribution in [0.1, 0.15) is 26.3 Å². The quantitative estimate of drug-likeness (QED) is 0.453. The Labute approximate surface area is 201 Å². The average Bonchev–Trinajstić information content (AvgIpc) is 2.82. The summed E-state index contributed by atoms with van der Waals surface area (Å²) in [6.45, 7) is 5.65. The lowest BCUT2D eigenvalue weighted by molar-refractivity contribution is -0.154. The van der Waals surface area contributed by atoms with Crippen LogP contribution in [-0.2, 0) is 30.9 Å². The number of carbonyl (C=O) groups excluding carboxylic acids is 2. The van der Waals surface area contributed by atoms with Crippen molar-refractivity contribution in [3.05, 3.63) is 54.1 Å². The van der Waals surface area contributed by atoms with Crippen molar-refractivity contribution in [1.29, 1.82) is 0 Å². The van der Waals surface area contributed by atoms with Crippen LogP contribution in [0.2, 0.25) is 0 Å². The Morgan fingerprint density at radius 3 is 2.12 bits per heavy atom. The Bertz CT molecular complexity index is 1050. The van der Waals surface area contributed by atoms with E-state index < -0.39 is 40.5 Å². The predicted octanol–water partition coefficient (Wildman–Crippen LogP) is 2.60. The van der Waals surface area contributed by atoms with Crippen LogP contribution in [-0.4, -0.2) is 58.6 Å². The van der Waals surface area contributed by atoms with Gasteiger partial charge in [0.1, 0.15) is 17.5 Å². The molecule has 0 aliphatic carbocycles. The normalized spacial score (nSPS) is 12.2. The highest BCUT2D eigenvalue weighted by Gasteiger charge is 2.30. The fraction of sp³-hybridized carbons (Fsp3) is 0.417. The SMILES string of the molecule is CCOc1ccc(CN(C)C(=O)COC(=O)C(NS(=O)(=O)c2ccc(OC)cc2)C(C)C)cc1. The summed E-state index contributed by atoms with van der Waals surface area (Å²) in [5.41, 5.74) is 0.887. The van der Waals surface area contributed by atoms with Gasteiger partial charge in [0.2, 0.25) is 10.0 Å². The third kappa shape index (κ3) is 7.74. The van der Waals surface area contributed by atoms with E-state index >= 15 is 0 Å². The van der Waals surface area contributed by atoms with Crippen LogP contribution in [0.5, 0.6) is 11.5 Å². The first-order chi connectivity index (χ1) is 16.1. The molecule has 1 unspecified atom stereocenters. The molecule has 0 radical (unpaired) electrons. The molecule has 10 heteroatoms. The van der Waals surface area contributed by atoms with E-state index in [1.165, 1.54) is 36.3 Å². The molecule has 0 heterocycles. The van der Waals surface area contributed by atoms with Gasteiger partial charge in [0.15, 0.2) is 6.61 Å². The standard InChI is InChI=1S/C24H32N2O7S/c1-6-32-20-9-7-18(8-10-20)15-26(4)22(27)16-33-24(28)23(17(2)3)25-34(29,30)21-13-11-19(31-5)12-14-21/h7-14,17,23,25H,6,15-16H2,1-5H3. The molecule has 0 saturated heterocycles. The van der Waals surface area contributed by atoms with Crippen molar-refractivity contribution in [1.82, 2.24) is 9.62 Å². The summed E-state index contributed by atoms with van der Waals surface area (Å²) >= 11 is 0. The van der Waals surface area contributed by atoms with Gasteiger partial charge in [-0.05, 0) is 54.8 Å². The fourth-order valence-corrected chi connectivity index (χ4v) is 4.33. The summed E-state index contributed by atoms with van der Waals surface area (Å²) in [5.74, 6) is -0.396. The smallest absolute Gasteiger partial charge is 0.324 e. The van der Waals surface area contributed by atoms with E-state index in [-0.39, 0.29) is 4.90 Å². The zero-order valence-corrected chi connectivity index (χ0v) is 20.9. The van der Waals surface area contributed by atoms with Crippen LogP contribution in [0.15, 0.2) is 53.4 Å². The lowest BCUT2D eigenvalue weighted by Gasteiger charge is -2.22. The number of methoxy groups -OCH3 is 1. The number of esters is 1. The summed E-state index contributed by atoms with van der Waals surface area (Å²) in [4.78, 5) is 26.5. The van der Waals surface area contributed by atoms with Gasteiger partial charge in [-0.15, -0.1) is 0 Å². The van der Waals surface area contributed by atoms with Crippen molar-refractivity contribution >= 4 is 21.9 Å². The number of hydrogen-bond donors (Lipinski definition) is 1. The molecule has 186 valence electrons. The van der Waals surface area contributed by atoms with Crippen LogP contribution >= 0.6 is 0 Å². The van der Waals surface area contributed by atoms with Crippen molar-refractivity contribution in [2.24, 2.45) is 5.92 Å². The van der Waals surface area contributed by atoms with E-state index in [2.05, 4.69) is 4.72 Å². The Morgan fingerprint density at radius 2 is 1.59 bits per heavy atom. The molecule has 0 aliphatic heterocycles. The molecule has 2 aromatic rings. The molecule has 1 amide bonds. The van der Waals surface area contributed by atoms with Gasteiger partial charge in [-0.2, -0.15) is 4.72 Å². The minimum absolute atomic E-state index is 0.0158. The number of carbonyl (C=O) groups is 2. The van der Waals surface area contributed by atoms with Crippen molar-refractivity contribution in [3.8, 4) is 11.5 Å². The van der Waals surface area contributed by atoms with E-state index in [0.717, 1.165) is 11.3 Å². The lowest BCUT2D eigenvalue weighted by atomic mass is 10.1. The van der Waals surface area contributed by atoms with E-state index in [1.54, 1.807) is 20.9 Å². The van der Waals surface area contributed by atoms with E-state index in [1.807, 2.05) is 31.2 Å². The van der Waals surface area contributed by atoms with Crippen LogP contribution in [0.3, 0.4) is 0 Å². The Balaban J connectivity index is 1.95. The highest BCUT2D eigenvalue weighted by atomic mass is 32.2. The Kier molecular flexibility index (Phi) is 9.88. The first-order valence-electron chi connectivity index (χ1n) is 10.9. The minimum Gasteiger partial charge on any atom is -0.497 e. The number of hydrogen-bond acceptors (Lipinski definition) is 7. The third-order valence-electron chi connectivity index (χ3n) is 4.99. The molecule has 34 heavy (non-hydrogen) atoms. The summed E-state index contributed by atoms with van der Waals surface area (Å²) in [6, 6.07) is 12.0. The molecule has 2 aromatic carbocycles. The van der Waals surface area contributed by atoms with Gasteiger partial charge in [-0.3, -0.25) is 9.59 Å². The van der Waals surface area contributed by atoms with Crippen molar-refractivity contribution in [2.45, 2.75) is 38.3 Å². The second-order valence-electron chi connectivity index (χ2n) is 7.95. The predicted molar refractivity (Wildman–Crippen MR) is 127 cm³/mol. The van der Waals surface area contributed by atoms with Gasteiger partial charge in [-0.25, -0.2) is 8.42 Å². The van der Waals surface area contributed by atoms with Gasteiger partial charge in [0.05, 0.1) is 18.6 Å². The third-order valence-corrected chi connectivity index (χ3v) is 6.45. The molecular formula is C24H32N2O7S. The number of amides is 1. The van der Waals surface area contributed by atoms with Gasteiger partial charge in [0.25, 0.3) is 5.91 Å². The van der Waals surface area contributed by atoms with Crippen LogP contribution in [0, 0.1) is 5.92 Å². The zero-order valence-electron chi connectivity index (χ0n) is 20.1. The molecule has 0 aliphatic rings. The second kappa shape index (κ2) is 12.4. The molecule has 1 atom stereocenters. The summed E-state index contributed by atoms with van der Waals surface area (Å²) in [5, 5.41) is 0. The van der Waals surface area contributed by atoms with Gasteiger partial charge in [-0.1, -0.05) is 26.0 Å². The van der Waals surface area contributed by atoms with E-state index in [4.69, 9.17) is 14.2 Å². The molecule has 0 aromatic heterocycles. The number of rotatable bonds is 12. The van der Waals surface area contributed by atoms with E-state index in [9.17, 15) is 18.0 Å². The van der Waals surface area contributed by atoms with E-state index in [0.29, 0.717) is 18.9 Å². The topological polar surface area (TPSA) is 111 Å². The molecular weight excluding hydrogens is 460 g/mol. The number of ether oxygens (including phenoxy) is 3. The summed E-state index contributed by atoms with van der Waals surface area (Å²) < 4.78 is 43.4. The number of sulfonamides is 1. The number of nitrogens with zero attached hydrogens (tertiary/aromatic N) is 1. The second-order valence-corrected chi connectivity index (χ2v) is 9.67. The Morgan fingerprint density at radius 1 is 1.00 bits per heavy atom. The molecule has 0 fully saturated rings. The summed E-state index contributed by atoms with van der Waals surface area (Å²) in [7, 11) is -0.918. The maximum atomic E-state index is 12.7. The average molecular weight is 493 g/mol. The molecule has 0 bridgehead atoms. The van der Waals surface area contributed by atoms with Crippen LogP contribution < -0.4 is 14.2 Å². The maximum Gasteiger partial charge on any atom is 0.324 e. The highest BCUT2D eigenvalue weighted by Crippen LogP contribution is 2.17. The lowest BCUT2D eigenvalue weighted by Crippen LogP contribution is -2.46. The number of benzene rings is 2. The molecule has 2 rings (SSSR count). The van der Waals surface area contributed by atoms with Crippen LogP contribution in [0.25, 0.3) is 0 Å². The van der Waals surface area contributed by atoms with Gasteiger partial charge < -0.3 is 19.1 Å². The fourth-order valence-electron chi connectivity index (χ4n) is 3.00. The van der Waals surface area contributed by atoms with Crippen molar-refractivity contribution in [3.63, 3.8) is 0 Å². The minimum atomic E-state index is -3.99. The molecule has 1 N–H and O–H groups in total. The van der Waals surface area contributed by atoms with Gasteiger partial charge >= 0.3 is 5.97 Å². The largest absolute Gasteiger partial charge is 0.497 e. The van der Waals surface area contributed by atoms with Gasteiger partial charge in [0, 0.05) is 13.6 Å². The van der Waals surface area contributed by atoms with Crippen molar-refractivity contribution < 1.29 is 32.2 Å². The zero-order chi connectivity index (χ0) is 25.3. The monoisotopic (exact) mass is 492 g/mol. The molecule has 0 spiro atoms. The summed E-state index contributed by atoms with van der Waals surface area (Å²) in [6.07, 6.45) is 0. The van der Waals surface area contributed by atoms with Crippen LogP contribution in [0.4, 0.5) is 0 Å². The first kappa shape index (κ1) is 27.1.